The zero-order chi connectivity index (χ0) is 13.1. The topological polar surface area (TPSA) is 88.5 Å². The molecule has 0 bridgehead atoms. The summed E-state index contributed by atoms with van der Waals surface area (Å²) in [6.45, 7) is 0. The van der Waals surface area contributed by atoms with Crippen molar-refractivity contribution in [2.24, 2.45) is 0 Å². The highest BCUT2D eigenvalue weighted by Crippen LogP contribution is 2.21. The molecular formula is C13H7N5O. The zero-order valence-electron chi connectivity index (χ0n) is 9.69. The van der Waals surface area contributed by atoms with E-state index in [-0.39, 0.29) is 0 Å². The maximum atomic E-state index is 8.86. The van der Waals surface area contributed by atoms with E-state index in [1.165, 1.54) is 0 Å². The van der Waals surface area contributed by atoms with Gasteiger partial charge in [-0.25, -0.2) is 4.98 Å². The van der Waals surface area contributed by atoms with Gasteiger partial charge in [-0.2, -0.15) is 10.2 Å². The summed E-state index contributed by atoms with van der Waals surface area (Å²) in [5.74, 6) is 0.711. The third kappa shape index (κ3) is 2.17. The molecule has 19 heavy (non-hydrogen) atoms. The van der Waals surface area contributed by atoms with Crippen molar-refractivity contribution < 1.29 is 4.52 Å². The van der Waals surface area contributed by atoms with Gasteiger partial charge in [-0.1, -0.05) is 11.2 Å². The van der Waals surface area contributed by atoms with E-state index < -0.39 is 0 Å². The summed E-state index contributed by atoms with van der Waals surface area (Å²) >= 11 is 0. The van der Waals surface area contributed by atoms with E-state index in [0.717, 1.165) is 0 Å². The number of hydrogen-bond acceptors (Lipinski definition) is 6. The molecule has 0 N–H and O–H groups in total. The average molecular weight is 249 g/mol. The van der Waals surface area contributed by atoms with E-state index in [1.54, 1.807) is 42.9 Å². The molecule has 2 aromatic heterocycles. The molecule has 6 heteroatoms. The molecule has 0 aliphatic heterocycles. The Kier molecular flexibility index (Phi) is 2.71. The van der Waals surface area contributed by atoms with Crippen molar-refractivity contribution in [1.82, 2.24) is 20.1 Å². The van der Waals surface area contributed by atoms with Crippen LogP contribution in [0.1, 0.15) is 5.56 Å². The van der Waals surface area contributed by atoms with Gasteiger partial charge in [-0.15, -0.1) is 0 Å². The Labute approximate surface area is 108 Å². The van der Waals surface area contributed by atoms with Gasteiger partial charge in [0.15, 0.2) is 0 Å². The molecule has 0 aliphatic carbocycles. The first kappa shape index (κ1) is 11.0. The Bertz CT molecular complexity index is 745. The molecule has 0 saturated heterocycles. The lowest BCUT2D eigenvalue weighted by Gasteiger charge is -1.93. The van der Waals surface area contributed by atoms with Crippen LogP contribution >= 0.6 is 0 Å². The number of nitriles is 1. The molecule has 0 aliphatic rings. The minimum absolute atomic E-state index is 0.345. The number of nitrogens with zero attached hydrogens (tertiary/aromatic N) is 5. The van der Waals surface area contributed by atoms with Crippen molar-refractivity contribution in [1.29, 1.82) is 5.26 Å². The lowest BCUT2D eigenvalue weighted by Crippen LogP contribution is -1.86. The summed E-state index contributed by atoms with van der Waals surface area (Å²) in [5.41, 5.74) is 1.77. The van der Waals surface area contributed by atoms with Crippen molar-refractivity contribution in [3.8, 4) is 29.0 Å². The van der Waals surface area contributed by atoms with Gasteiger partial charge in [-0.3, -0.25) is 4.98 Å². The minimum atomic E-state index is 0.345. The van der Waals surface area contributed by atoms with Gasteiger partial charge in [0, 0.05) is 18.0 Å². The molecule has 2 heterocycles. The predicted molar refractivity (Wildman–Crippen MR) is 65.5 cm³/mol. The smallest absolute Gasteiger partial charge is 0.258 e. The van der Waals surface area contributed by atoms with Gasteiger partial charge < -0.3 is 4.52 Å². The SMILES string of the molecule is N#Cc1cccc(-c2nc(-c3cnccn3)no2)c1. The quantitative estimate of drug-likeness (QED) is 0.690. The van der Waals surface area contributed by atoms with Crippen LogP contribution in [0.4, 0.5) is 0 Å². The number of hydrogen-bond donors (Lipinski definition) is 0. The Balaban J connectivity index is 2.00. The van der Waals surface area contributed by atoms with Gasteiger partial charge in [0.05, 0.1) is 17.8 Å². The molecule has 0 fully saturated rings. The second-order valence-electron chi connectivity index (χ2n) is 3.71. The molecular weight excluding hydrogens is 242 g/mol. The van der Waals surface area contributed by atoms with Crippen LogP contribution in [0.3, 0.4) is 0 Å². The average Bonchev–Trinajstić information content (AvgIpc) is 2.98. The largest absolute Gasteiger partial charge is 0.334 e. The van der Waals surface area contributed by atoms with Crippen molar-refractivity contribution >= 4 is 0 Å². The fourth-order valence-corrected chi connectivity index (χ4v) is 1.58. The van der Waals surface area contributed by atoms with E-state index in [9.17, 15) is 0 Å². The molecule has 3 rings (SSSR count). The zero-order valence-corrected chi connectivity index (χ0v) is 9.69. The van der Waals surface area contributed by atoms with Crippen molar-refractivity contribution in [3.63, 3.8) is 0 Å². The van der Waals surface area contributed by atoms with Crippen LogP contribution in [-0.2, 0) is 0 Å². The summed E-state index contributed by atoms with van der Waals surface area (Å²) in [4.78, 5) is 12.3. The fourth-order valence-electron chi connectivity index (χ4n) is 1.58. The van der Waals surface area contributed by atoms with Gasteiger partial charge in [0.25, 0.3) is 5.89 Å². The molecule has 90 valence electrons. The Hall–Kier alpha value is -3.07. The van der Waals surface area contributed by atoms with Crippen LogP contribution < -0.4 is 0 Å². The third-order valence-corrected chi connectivity index (χ3v) is 2.46. The molecule has 0 radical (unpaired) electrons. The van der Waals surface area contributed by atoms with Crippen molar-refractivity contribution in [2.75, 3.05) is 0 Å². The van der Waals surface area contributed by atoms with Crippen LogP contribution in [0, 0.1) is 11.3 Å². The Morgan fingerprint density at radius 2 is 2.16 bits per heavy atom. The van der Waals surface area contributed by atoms with E-state index >= 15 is 0 Å². The van der Waals surface area contributed by atoms with Crippen LogP contribution in [0.15, 0.2) is 47.4 Å². The highest BCUT2D eigenvalue weighted by molar-refractivity contribution is 5.58. The first-order valence-corrected chi connectivity index (χ1v) is 5.47. The van der Waals surface area contributed by atoms with E-state index in [1.807, 2.05) is 0 Å². The summed E-state index contributed by atoms with van der Waals surface area (Å²) in [7, 11) is 0. The monoisotopic (exact) mass is 249 g/mol. The van der Waals surface area contributed by atoms with Crippen LogP contribution in [0.5, 0.6) is 0 Å². The maximum Gasteiger partial charge on any atom is 0.258 e. The van der Waals surface area contributed by atoms with E-state index in [2.05, 4.69) is 26.2 Å². The summed E-state index contributed by atoms with van der Waals surface area (Å²) in [6.07, 6.45) is 4.68. The molecule has 1 aromatic carbocycles. The van der Waals surface area contributed by atoms with Crippen LogP contribution in [0.2, 0.25) is 0 Å². The summed E-state index contributed by atoms with van der Waals surface area (Å²) in [6, 6.07) is 9.03. The molecule has 3 aromatic rings. The van der Waals surface area contributed by atoms with Gasteiger partial charge in [-0.05, 0) is 18.2 Å². The molecule has 6 nitrogen and oxygen atoms in total. The Morgan fingerprint density at radius 1 is 1.21 bits per heavy atom. The third-order valence-electron chi connectivity index (χ3n) is 2.46. The second kappa shape index (κ2) is 4.66. The normalized spacial score (nSPS) is 10.1. The van der Waals surface area contributed by atoms with Gasteiger partial charge >= 0.3 is 0 Å². The number of aromatic nitrogens is 4. The number of benzene rings is 1. The molecule has 0 atom stereocenters. The van der Waals surface area contributed by atoms with Gasteiger partial charge in [0.1, 0.15) is 5.69 Å². The fraction of sp³-hybridized carbons (Fsp3) is 0. The van der Waals surface area contributed by atoms with Crippen molar-refractivity contribution in [2.45, 2.75) is 0 Å². The van der Waals surface area contributed by atoms with Crippen molar-refractivity contribution in [3.05, 3.63) is 48.4 Å². The highest BCUT2D eigenvalue weighted by Gasteiger charge is 2.11. The molecule has 0 saturated carbocycles. The summed E-state index contributed by atoms with van der Waals surface area (Å²) in [5, 5.41) is 12.7. The lowest BCUT2D eigenvalue weighted by atomic mass is 10.1. The molecule has 0 amide bonds. The minimum Gasteiger partial charge on any atom is -0.334 e. The summed E-state index contributed by atoms with van der Waals surface area (Å²) < 4.78 is 5.17. The number of rotatable bonds is 2. The Morgan fingerprint density at radius 3 is 2.95 bits per heavy atom. The second-order valence-corrected chi connectivity index (χ2v) is 3.71. The first-order chi connectivity index (χ1) is 9.36. The van der Waals surface area contributed by atoms with E-state index in [0.29, 0.717) is 28.5 Å². The molecule has 0 unspecified atom stereocenters. The highest BCUT2D eigenvalue weighted by atomic mass is 16.5. The van der Waals surface area contributed by atoms with E-state index in [4.69, 9.17) is 9.78 Å². The predicted octanol–water partition coefficient (Wildman–Crippen LogP) is 2.07. The lowest BCUT2D eigenvalue weighted by molar-refractivity contribution is 0.432. The standard InChI is InChI=1S/C13H7N5O/c14-7-9-2-1-3-10(6-9)13-17-12(18-19-13)11-8-15-4-5-16-11/h1-6,8H. The van der Waals surface area contributed by atoms with Crippen LogP contribution in [0.25, 0.3) is 23.0 Å². The van der Waals surface area contributed by atoms with Crippen LogP contribution in [-0.4, -0.2) is 20.1 Å². The first-order valence-electron chi connectivity index (χ1n) is 5.47. The maximum absolute atomic E-state index is 8.86. The molecule has 0 spiro atoms. The van der Waals surface area contributed by atoms with Gasteiger partial charge in [0.2, 0.25) is 5.82 Å².